The summed E-state index contributed by atoms with van der Waals surface area (Å²) in [6.07, 6.45) is 2.40. The second-order valence-corrected chi connectivity index (χ2v) is 10.8. The summed E-state index contributed by atoms with van der Waals surface area (Å²) in [6, 6.07) is 10.7. The zero-order valence-corrected chi connectivity index (χ0v) is 19.0. The summed E-state index contributed by atoms with van der Waals surface area (Å²) < 4.78 is 25.8. The average molecular weight is 441 g/mol. The lowest BCUT2D eigenvalue weighted by Crippen LogP contribution is -2.36. The van der Waals surface area contributed by atoms with E-state index in [0.29, 0.717) is 6.42 Å². The molecule has 1 fully saturated rings. The van der Waals surface area contributed by atoms with E-state index in [1.807, 2.05) is 43.9 Å². The normalized spacial score (nSPS) is 18.0. The molecule has 2 aromatic rings. The van der Waals surface area contributed by atoms with Crippen LogP contribution in [0.25, 0.3) is 0 Å². The van der Waals surface area contributed by atoms with Crippen molar-refractivity contribution in [3.63, 3.8) is 0 Å². The Hall–Kier alpha value is -2.67. The molecule has 1 aliphatic heterocycles. The molecule has 0 bridgehead atoms. The maximum atomic E-state index is 12.9. The zero-order valence-electron chi connectivity index (χ0n) is 18.1. The van der Waals surface area contributed by atoms with Gasteiger partial charge in [0.1, 0.15) is 0 Å². The van der Waals surface area contributed by atoms with Gasteiger partial charge in [-0.2, -0.15) is 0 Å². The monoisotopic (exact) mass is 440 g/mol. The van der Waals surface area contributed by atoms with E-state index in [2.05, 4.69) is 5.32 Å². The maximum Gasteiger partial charge on any atom is 0.230 e. The van der Waals surface area contributed by atoms with E-state index in [-0.39, 0.29) is 40.8 Å². The van der Waals surface area contributed by atoms with E-state index in [4.69, 9.17) is 0 Å². The maximum absolute atomic E-state index is 12.9. The Kier molecular flexibility index (Phi) is 5.64. The molecular formula is C24H28N2O4S. The molecule has 31 heavy (non-hydrogen) atoms. The minimum absolute atomic E-state index is 0.0317. The Bertz CT molecular complexity index is 1130. The van der Waals surface area contributed by atoms with E-state index >= 15 is 0 Å². The number of aryl methyl sites for hydroxylation is 2. The highest BCUT2D eigenvalue weighted by Gasteiger charge is 2.39. The molecule has 4 rings (SSSR count). The van der Waals surface area contributed by atoms with Crippen LogP contribution < -0.4 is 10.2 Å². The van der Waals surface area contributed by atoms with Gasteiger partial charge < -0.3 is 10.2 Å². The number of carbonyl (C=O) groups is 2. The number of fused-ring (bicyclic) bond motifs is 1. The molecule has 1 N–H and O–H groups in total. The highest BCUT2D eigenvalue weighted by Crippen LogP contribution is 2.39. The number of benzene rings is 2. The Labute approximate surface area is 183 Å². The molecule has 6 nitrogen and oxygen atoms in total. The van der Waals surface area contributed by atoms with Crippen LogP contribution in [0.1, 0.15) is 42.9 Å². The summed E-state index contributed by atoms with van der Waals surface area (Å²) in [7, 11) is -3.61. The Morgan fingerprint density at radius 1 is 1.10 bits per heavy atom. The molecule has 0 unspecified atom stereocenters. The van der Waals surface area contributed by atoms with E-state index < -0.39 is 9.84 Å². The van der Waals surface area contributed by atoms with Crippen molar-refractivity contribution >= 4 is 33.0 Å². The van der Waals surface area contributed by atoms with Gasteiger partial charge in [-0.25, -0.2) is 8.42 Å². The van der Waals surface area contributed by atoms with E-state index in [9.17, 15) is 18.0 Å². The van der Waals surface area contributed by atoms with Crippen LogP contribution in [0.2, 0.25) is 0 Å². The molecule has 1 atom stereocenters. The summed E-state index contributed by atoms with van der Waals surface area (Å²) in [6.45, 7) is 5.80. The van der Waals surface area contributed by atoms with Crippen molar-refractivity contribution < 1.29 is 18.0 Å². The van der Waals surface area contributed by atoms with Crippen LogP contribution in [0.3, 0.4) is 0 Å². The molecule has 7 heteroatoms. The zero-order chi connectivity index (χ0) is 22.3. The molecule has 164 valence electrons. The Balaban J connectivity index is 1.45. The third-order valence-electron chi connectivity index (χ3n) is 6.13. The Morgan fingerprint density at radius 3 is 2.42 bits per heavy atom. The first-order valence-electron chi connectivity index (χ1n) is 10.7. The minimum Gasteiger partial charge on any atom is -0.326 e. The van der Waals surface area contributed by atoms with Crippen molar-refractivity contribution in [3.8, 4) is 0 Å². The number of nitrogens with zero attached hydrogens (tertiary/aromatic N) is 1. The molecule has 2 aromatic carbocycles. The number of rotatable bonds is 6. The van der Waals surface area contributed by atoms with Gasteiger partial charge in [0, 0.05) is 29.8 Å². The van der Waals surface area contributed by atoms with Gasteiger partial charge in [-0.15, -0.1) is 0 Å². The summed E-state index contributed by atoms with van der Waals surface area (Å²) in [5, 5.41) is 2.84. The van der Waals surface area contributed by atoms with Crippen molar-refractivity contribution in [2.24, 2.45) is 5.92 Å². The number of anilines is 2. The fourth-order valence-corrected chi connectivity index (χ4v) is 5.51. The molecule has 2 aliphatic rings. The van der Waals surface area contributed by atoms with Crippen LogP contribution in [0.15, 0.2) is 41.3 Å². The van der Waals surface area contributed by atoms with E-state index in [0.717, 1.165) is 40.9 Å². The van der Waals surface area contributed by atoms with E-state index in [1.165, 1.54) is 0 Å². The second kappa shape index (κ2) is 8.11. The van der Waals surface area contributed by atoms with Gasteiger partial charge in [0.2, 0.25) is 11.8 Å². The predicted molar refractivity (Wildman–Crippen MR) is 121 cm³/mol. The van der Waals surface area contributed by atoms with Crippen LogP contribution in [0.4, 0.5) is 11.4 Å². The van der Waals surface area contributed by atoms with Crippen molar-refractivity contribution in [2.45, 2.75) is 57.4 Å². The van der Waals surface area contributed by atoms with Crippen molar-refractivity contribution in [2.75, 3.05) is 16.0 Å². The topological polar surface area (TPSA) is 83.6 Å². The number of hydrogen-bond acceptors (Lipinski definition) is 4. The summed E-state index contributed by atoms with van der Waals surface area (Å²) in [5.41, 5.74) is 4.30. The minimum atomic E-state index is -3.61. The molecule has 1 aliphatic carbocycles. The van der Waals surface area contributed by atoms with Crippen LogP contribution in [-0.2, 0) is 25.8 Å². The van der Waals surface area contributed by atoms with Gasteiger partial charge in [-0.05, 0) is 74.9 Å². The SMILES string of the molecule is Cc1cccc(C)c1NC(=O)CCS(=O)(=O)c1ccc2c(c1)C[C@@H](C)N2C(=O)C1CC1. The predicted octanol–water partition coefficient (Wildman–Crippen LogP) is 3.79. The molecular weight excluding hydrogens is 412 g/mol. The van der Waals surface area contributed by atoms with Crippen LogP contribution in [0.5, 0.6) is 0 Å². The molecule has 1 heterocycles. The third-order valence-corrected chi connectivity index (χ3v) is 7.85. The summed E-state index contributed by atoms with van der Waals surface area (Å²) in [4.78, 5) is 27.0. The highest BCUT2D eigenvalue weighted by atomic mass is 32.2. The quantitative estimate of drug-likeness (QED) is 0.741. The second-order valence-electron chi connectivity index (χ2n) is 8.71. The van der Waals surface area contributed by atoms with Gasteiger partial charge >= 0.3 is 0 Å². The highest BCUT2D eigenvalue weighted by molar-refractivity contribution is 7.91. The number of amides is 2. The van der Waals surface area contributed by atoms with Gasteiger partial charge in [-0.1, -0.05) is 18.2 Å². The van der Waals surface area contributed by atoms with Crippen molar-refractivity contribution in [1.29, 1.82) is 0 Å². The molecule has 0 aromatic heterocycles. The van der Waals surface area contributed by atoms with Crippen molar-refractivity contribution in [1.82, 2.24) is 0 Å². The van der Waals surface area contributed by atoms with Crippen molar-refractivity contribution in [3.05, 3.63) is 53.1 Å². The van der Waals surface area contributed by atoms with Gasteiger partial charge in [0.15, 0.2) is 9.84 Å². The number of para-hydroxylation sites is 1. The van der Waals surface area contributed by atoms with Gasteiger partial charge in [-0.3, -0.25) is 9.59 Å². The van der Waals surface area contributed by atoms with Gasteiger partial charge in [0.05, 0.1) is 10.6 Å². The van der Waals surface area contributed by atoms with Crippen LogP contribution >= 0.6 is 0 Å². The molecule has 0 saturated heterocycles. The third kappa shape index (κ3) is 4.37. The molecule has 1 saturated carbocycles. The van der Waals surface area contributed by atoms with Crippen LogP contribution in [-0.4, -0.2) is 32.0 Å². The number of carbonyl (C=O) groups excluding carboxylic acids is 2. The standard InChI is InChI=1S/C24H28N2O4S/c1-15-5-4-6-16(2)23(15)25-22(27)11-12-31(29,30)20-9-10-21-19(14-20)13-17(3)26(21)24(28)18-7-8-18/h4-6,9-10,14,17-18H,7-8,11-13H2,1-3H3,(H,25,27)/t17-/m1/s1. The van der Waals surface area contributed by atoms with E-state index in [1.54, 1.807) is 18.2 Å². The number of nitrogens with one attached hydrogen (secondary N) is 1. The fourth-order valence-electron chi connectivity index (χ4n) is 4.22. The van der Waals surface area contributed by atoms with Gasteiger partial charge in [0.25, 0.3) is 0 Å². The lowest BCUT2D eigenvalue weighted by molar-refractivity contribution is -0.120. The number of sulfone groups is 1. The summed E-state index contributed by atoms with van der Waals surface area (Å²) >= 11 is 0. The Morgan fingerprint density at radius 2 is 1.77 bits per heavy atom. The average Bonchev–Trinajstić information content (AvgIpc) is 3.51. The first-order valence-corrected chi connectivity index (χ1v) is 12.4. The lowest BCUT2D eigenvalue weighted by Gasteiger charge is -2.22. The first kappa shape index (κ1) is 21.6. The number of hydrogen-bond donors (Lipinski definition) is 1. The lowest BCUT2D eigenvalue weighted by atomic mass is 10.1. The smallest absolute Gasteiger partial charge is 0.230 e. The molecule has 2 amide bonds. The molecule has 0 radical (unpaired) electrons. The molecule has 0 spiro atoms. The summed E-state index contributed by atoms with van der Waals surface area (Å²) in [5.74, 6) is -0.322. The largest absolute Gasteiger partial charge is 0.326 e. The fraction of sp³-hybridized carbons (Fsp3) is 0.417. The van der Waals surface area contributed by atoms with Crippen LogP contribution in [0, 0.1) is 19.8 Å². The first-order chi connectivity index (χ1) is 14.7.